The summed E-state index contributed by atoms with van der Waals surface area (Å²) in [5.41, 5.74) is 0. The van der Waals surface area contributed by atoms with Crippen LogP contribution in [0.3, 0.4) is 0 Å². The molecule has 28 heavy (non-hydrogen) atoms. The standard InChI is InChI=1S/C13H30O3Si.C10H24Si/c1-5-6-7-8-9-10-11-12-13-17(14-2,15-3)16-4;1-2-3-4-5-6-7-8-9-10-11/h5-13H2,1-4H3;2-10H2,1,11H3. The Morgan fingerprint density at radius 2 is 0.821 bits per heavy atom. The molecule has 0 radical (unpaired) electrons. The summed E-state index contributed by atoms with van der Waals surface area (Å²) >= 11 is 0. The lowest BCUT2D eigenvalue weighted by Gasteiger charge is -2.24. The maximum atomic E-state index is 5.39. The zero-order valence-corrected chi connectivity index (χ0v) is 23.5. The van der Waals surface area contributed by atoms with Crippen LogP contribution in [0.1, 0.15) is 117 Å². The highest BCUT2D eigenvalue weighted by atomic mass is 28.4. The van der Waals surface area contributed by atoms with Gasteiger partial charge in [0.15, 0.2) is 0 Å². The maximum absolute atomic E-state index is 5.39. The molecule has 0 aromatic heterocycles. The van der Waals surface area contributed by atoms with E-state index in [0.717, 1.165) is 12.5 Å². The van der Waals surface area contributed by atoms with Crippen LogP contribution in [0.5, 0.6) is 0 Å². The summed E-state index contributed by atoms with van der Waals surface area (Å²) in [7, 11) is 4.16. The van der Waals surface area contributed by atoms with E-state index in [9.17, 15) is 0 Å². The van der Waals surface area contributed by atoms with Crippen LogP contribution in [0.4, 0.5) is 0 Å². The summed E-state index contributed by atoms with van der Waals surface area (Å²) in [5, 5.41) is 0. The Morgan fingerprint density at radius 1 is 0.500 bits per heavy atom. The van der Waals surface area contributed by atoms with Crippen LogP contribution in [0, 0.1) is 0 Å². The van der Waals surface area contributed by atoms with Crippen molar-refractivity contribution in [1.29, 1.82) is 0 Å². The Morgan fingerprint density at radius 3 is 1.14 bits per heavy atom. The first kappa shape index (κ1) is 30.5. The van der Waals surface area contributed by atoms with E-state index in [1.807, 2.05) is 0 Å². The highest BCUT2D eigenvalue weighted by molar-refractivity contribution is 6.60. The van der Waals surface area contributed by atoms with Gasteiger partial charge in [0.05, 0.1) is 0 Å². The maximum Gasteiger partial charge on any atom is 0.500 e. The fourth-order valence-electron chi connectivity index (χ4n) is 3.42. The van der Waals surface area contributed by atoms with E-state index in [1.165, 1.54) is 113 Å². The Kier molecular flexibility index (Phi) is 27.6. The average molecular weight is 435 g/mol. The third kappa shape index (κ3) is 21.0. The largest absolute Gasteiger partial charge is 0.500 e. The summed E-state index contributed by atoms with van der Waals surface area (Å²) in [6.45, 7) is 4.53. The molecule has 0 fully saturated rings. The fraction of sp³-hybridized carbons (Fsp3) is 1.00. The molecule has 0 saturated carbocycles. The minimum absolute atomic E-state index is 0.936. The Labute approximate surface area is 182 Å². The fourth-order valence-corrected chi connectivity index (χ4v) is 5.71. The van der Waals surface area contributed by atoms with E-state index in [0.29, 0.717) is 0 Å². The van der Waals surface area contributed by atoms with Crippen molar-refractivity contribution in [1.82, 2.24) is 0 Å². The minimum Gasteiger partial charge on any atom is -0.377 e. The normalized spacial score (nSPS) is 11.5. The van der Waals surface area contributed by atoms with Gasteiger partial charge in [0.2, 0.25) is 0 Å². The van der Waals surface area contributed by atoms with Crippen molar-refractivity contribution in [3.8, 4) is 0 Å². The van der Waals surface area contributed by atoms with Crippen LogP contribution in [0.2, 0.25) is 12.1 Å². The number of hydrogen-bond acceptors (Lipinski definition) is 3. The molecule has 172 valence electrons. The summed E-state index contributed by atoms with van der Waals surface area (Å²) in [6, 6.07) is 2.44. The second-order valence-electron chi connectivity index (χ2n) is 8.00. The molecule has 0 aliphatic carbocycles. The average Bonchev–Trinajstić information content (AvgIpc) is 2.73. The highest BCUT2D eigenvalue weighted by Crippen LogP contribution is 2.18. The van der Waals surface area contributed by atoms with Gasteiger partial charge in [-0.3, -0.25) is 0 Å². The molecule has 0 atom stereocenters. The lowest BCUT2D eigenvalue weighted by Crippen LogP contribution is -2.42. The Hall–Kier alpha value is 0.314. The zero-order chi connectivity index (χ0) is 21.3. The molecule has 5 heteroatoms. The van der Waals surface area contributed by atoms with Crippen molar-refractivity contribution in [2.24, 2.45) is 0 Å². The van der Waals surface area contributed by atoms with Crippen LogP contribution in [0.15, 0.2) is 0 Å². The van der Waals surface area contributed by atoms with E-state index in [4.69, 9.17) is 13.3 Å². The molecule has 0 aliphatic rings. The molecule has 0 rings (SSSR count). The van der Waals surface area contributed by atoms with Gasteiger partial charge in [-0.1, -0.05) is 116 Å². The third-order valence-corrected chi connectivity index (χ3v) is 9.02. The Bertz CT molecular complexity index is 258. The van der Waals surface area contributed by atoms with Crippen LogP contribution < -0.4 is 0 Å². The summed E-state index contributed by atoms with van der Waals surface area (Å²) < 4.78 is 16.2. The van der Waals surface area contributed by atoms with Gasteiger partial charge in [0.25, 0.3) is 0 Å². The first-order valence-corrected chi connectivity index (χ1v) is 15.7. The van der Waals surface area contributed by atoms with Crippen LogP contribution in [0.25, 0.3) is 0 Å². The zero-order valence-electron chi connectivity index (χ0n) is 20.5. The van der Waals surface area contributed by atoms with Gasteiger partial charge in [-0.2, -0.15) is 0 Å². The third-order valence-electron chi connectivity index (χ3n) is 5.48. The number of hydrogen-bond donors (Lipinski definition) is 0. The molecule has 0 saturated heterocycles. The van der Waals surface area contributed by atoms with Crippen molar-refractivity contribution in [2.75, 3.05) is 21.3 Å². The van der Waals surface area contributed by atoms with Crippen molar-refractivity contribution < 1.29 is 13.3 Å². The predicted molar refractivity (Wildman–Crippen MR) is 132 cm³/mol. The van der Waals surface area contributed by atoms with Crippen molar-refractivity contribution in [2.45, 2.75) is 129 Å². The van der Waals surface area contributed by atoms with E-state index in [2.05, 4.69) is 13.8 Å². The quantitative estimate of drug-likeness (QED) is 0.154. The van der Waals surface area contributed by atoms with Crippen LogP contribution in [-0.4, -0.2) is 40.4 Å². The van der Waals surface area contributed by atoms with Gasteiger partial charge in [0.1, 0.15) is 0 Å². The van der Waals surface area contributed by atoms with Gasteiger partial charge in [-0.15, -0.1) is 0 Å². The lowest BCUT2D eigenvalue weighted by atomic mass is 10.1. The second kappa shape index (κ2) is 25.4. The molecule has 0 N–H and O–H groups in total. The highest BCUT2D eigenvalue weighted by Gasteiger charge is 2.36. The van der Waals surface area contributed by atoms with Gasteiger partial charge >= 0.3 is 8.80 Å². The smallest absolute Gasteiger partial charge is 0.377 e. The summed E-state index contributed by atoms with van der Waals surface area (Å²) in [6.07, 6.45) is 22.3. The monoisotopic (exact) mass is 434 g/mol. The van der Waals surface area contributed by atoms with E-state index >= 15 is 0 Å². The van der Waals surface area contributed by atoms with E-state index < -0.39 is 8.80 Å². The van der Waals surface area contributed by atoms with Gasteiger partial charge < -0.3 is 13.3 Å². The lowest BCUT2D eigenvalue weighted by molar-refractivity contribution is 0.122. The number of unbranched alkanes of at least 4 members (excludes halogenated alkanes) is 14. The van der Waals surface area contributed by atoms with Crippen LogP contribution in [-0.2, 0) is 13.3 Å². The molecular formula is C23H54O3Si2. The molecule has 3 nitrogen and oxygen atoms in total. The number of rotatable bonds is 20. The Balaban J connectivity index is 0. The van der Waals surface area contributed by atoms with Gasteiger partial charge in [0, 0.05) is 37.6 Å². The first-order chi connectivity index (χ1) is 13.7. The molecule has 0 amide bonds. The second-order valence-corrected chi connectivity index (χ2v) is 12.1. The molecule has 0 heterocycles. The summed E-state index contributed by atoms with van der Waals surface area (Å²) in [5.74, 6) is 0. The van der Waals surface area contributed by atoms with E-state index in [1.54, 1.807) is 21.3 Å². The van der Waals surface area contributed by atoms with Crippen molar-refractivity contribution in [3.63, 3.8) is 0 Å². The molecule has 0 aromatic rings. The SMILES string of the molecule is CCCCCCCCCC[SiH3].CCCCCCCCCC[Si](OC)(OC)OC. The topological polar surface area (TPSA) is 27.7 Å². The minimum atomic E-state index is -2.30. The molecular weight excluding hydrogens is 380 g/mol. The molecule has 0 bridgehead atoms. The molecule has 0 aromatic carbocycles. The molecule has 0 unspecified atom stereocenters. The molecule has 0 spiro atoms. The van der Waals surface area contributed by atoms with Gasteiger partial charge in [-0.05, 0) is 6.42 Å². The molecule has 0 aliphatic heterocycles. The first-order valence-electron chi connectivity index (χ1n) is 12.3. The van der Waals surface area contributed by atoms with Crippen molar-refractivity contribution >= 4 is 19.0 Å². The van der Waals surface area contributed by atoms with Crippen molar-refractivity contribution in [3.05, 3.63) is 0 Å². The summed E-state index contributed by atoms with van der Waals surface area (Å²) in [4.78, 5) is 0. The predicted octanol–water partition coefficient (Wildman–Crippen LogP) is 6.92. The van der Waals surface area contributed by atoms with Gasteiger partial charge in [-0.25, -0.2) is 0 Å². The van der Waals surface area contributed by atoms with Crippen LogP contribution >= 0.6 is 0 Å². The van der Waals surface area contributed by atoms with E-state index in [-0.39, 0.29) is 0 Å².